The number of hydrogen-bond acceptors (Lipinski definition) is 6. The lowest BCUT2D eigenvalue weighted by atomic mass is 10.3. The maximum Gasteiger partial charge on any atom is 0.411 e. The number of ether oxygens (including phenoxy) is 2. The van der Waals surface area contributed by atoms with Gasteiger partial charge in [0.2, 0.25) is 0 Å². The van der Waals surface area contributed by atoms with Crippen molar-refractivity contribution >= 4 is 17.6 Å². The molecule has 0 radical (unpaired) electrons. The predicted octanol–water partition coefficient (Wildman–Crippen LogP) is 3.16. The summed E-state index contributed by atoms with van der Waals surface area (Å²) in [4.78, 5) is 21.2. The van der Waals surface area contributed by atoms with Crippen molar-refractivity contribution in [1.82, 2.24) is 9.88 Å². The average Bonchev–Trinajstić information content (AvgIpc) is 2.70. The van der Waals surface area contributed by atoms with Crippen LogP contribution in [-0.4, -0.2) is 61.9 Å². The van der Waals surface area contributed by atoms with Crippen LogP contribution in [0.25, 0.3) is 0 Å². The van der Waals surface area contributed by atoms with Gasteiger partial charge in [0.25, 0.3) is 0 Å². The molecule has 7 heteroatoms. The van der Waals surface area contributed by atoms with Crippen molar-refractivity contribution in [3.8, 4) is 5.75 Å². The zero-order valence-electron chi connectivity index (χ0n) is 16.6. The first-order valence-electron chi connectivity index (χ1n) is 9.72. The summed E-state index contributed by atoms with van der Waals surface area (Å²) in [6.07, 6.45) is -0.463. The number of benzene rings is 1. The maximum absolute atomic E-state index is 12.1. The normalized spacial score (nSPS) is 14.6. The quantitative estimate of drug-likeness (QED) is 0.791. The number of hydrogen-bond donors (Lipinski definition) is 1. The molecule has 1 amide bonds. The van der Waals surface area contributed by atoms with Crippen molar-refractivity contribution < 1.29 is 14.3 Å². The lowest BCUT2D eigenvalue weighted by molar-refractivity contribution is 0.137. The predicted molar refractivity (Wildman–Crippen MR) is 110 cm³/mol. The second-order valence-corrected chi connectivity index (χ2v) is 6.66. The van der Waals surface area contributed by atoms with Gasteiger partial charge in [-0.25, -0.2) is 9.78 Å². The first-order valence-corrected chi connectivity index (χ1v) is 9.72. The third kappa shape index (κ3) is 5.60. The third-order valence-electron chi connectivity index (χ3n) is 4.63. The molecule has 1 N–H and O–H groups in total. The van der Waals surface area contributed by atoms with Crippen LogP contribution in [0.15, 0.2) is 42.5 Å². The molecule has 0 spiro atoms. The number of aromatic nitrogens is 1. The summed E-state index contributed by atoms with van der Waals surface area (Å²) in [5.41, 5.74) is 1.65. The number of aryl methyl sites for hydroxylation is 1. The molecule has 0 saturated carbocycles. The van der Waals surface area contributed by atoms with E-state index in [2.05, 4.69) is 26.2 Å². The molecule has 3 rings (SSSR count). The minimum atomic E-state index is -0.463. The summed E-state index contributed by atoms with van der Waals surface area (Å²) in [5.74, 6) is 1.67. The Labute approximate surface area is 166 Å². The molecule has 7 nitrogen and oxygen atoms in total. The number of anilines is 2. The van der Waals surface area contributed by atoms with Crippen molar-refractivity contribution in [3.05, 3.63) is 48.2 Å². The van der Waals surface area contributed by atoms with E-state index >= 15 is 0 Å². The van der Waals surface area contributed by atoms with Gasteiger partial charge < -0.3 is 14.4 Å². The topological polar surface area (TPSA) is 66.9 Å². The van der Waals surface area contributed by atoms with Crippen molar-refractivity contribution in [1.29, 1.82) is 0 Å². The molecule has 28 heavy (non-hydrogen) atoms. The molecule has 150 valence electrons. The monoisotopic (exact) mass is 384 g/mol. The van der Waals surface area contributed by atoms with E-state index < -0.39 is 6.09 Å². The van der Waals surface area contributed by atoms with Crippen LogP contribution in [0, 0.1) is 6.92 Å². The number of amides is 1. The second-order valence-electron chi connectivity index (χ2n) is 6.66. The van der Waals surface area contributed by atoms with Gasteiger partial charge in [-0.3, -0.25) is 10.2 Å². The Morgan fingerprint density at radius 2 is 1.89 bits per heavy atom. The smallest absolute Gasteiger partial charge is 0.411 e. The molecule has 1 aromatic carbocycles. The van der Waals surface area contributed by atoms with Crippen molar-refractivity contribution in [2.75, 3.05) is 56.2 Å². The van der Waals surface area contributed by atoms with Crippen LogP contribution < -0.4 is 15.0 Å². The Bertz CT molecular complexity index is 776. The number of carbonyl (C=O) groups is 1. The van der Waals surface area contributed by atoms with Gasteiger partial charge in [-0.05, 0) is 38.1 Å². The Hall–Kier alpha value is -2.80. The van der Waals surface area contributed by atoms with Crippen LogP contribution in [0.4, 0.5) is 16.3 Å². The number of carbonyl (C=O) groups excluding carboxylic acids is 1. The van der Waals surface area contributed by atoms with Crippen LogP contribution >= 0.6 is 0 Å². The lowest BCUT2D eigenvalue weighted by Crippen LogP contribution is -2.47. The molecular formula is C21H28N4O3. The average molecular weight is 384 g/mol. The molecule has 0 aliphatic carbocycles. The molecule has 1 saturated heterocycles. The number of pyridine rings is 1. The highest BCUT2D eigenvalue weighted by Gasteiger charge is 2.18. The third-order valence-corrected chi connectivity index (χ3v) is 4.63. The second kappa shape index (κ2) is 9.94. The van der Waals surface area contributed by atoms with Crippen LogP contribution in [0.1, 0.15) is 12.6 Å². The largest absolute Gasteiger partial charge is 0.492 e. The summed E-state index contributed by atoms with van der Waals surface area (Å²) in [6.45, 7) is 9.22. The van der Waals surface area contributed by atoms with Gasteiger partial charge in [-0.2, -0.15) is 0 Å². The van der Waals surface area contributed by atoms with E-state index in [0.29, 0.717) is 24.7 Å². The Balaban J connectivity index is 1.38. The standard InChI is InChI=1S/C21H28N4O3/c1-3-27-19-9-5-4-8-18(19)23-21(26)28-16-15-24-11-13-25(14-12-24)20-10-6-7-17(2)22-20/h4-10H,3,11-16H2,1-2H3,(H,23,26). The summed E-state index contributed by atoms with van der Waals surface area (Å²) in [7, 11) is 0. The van der Waals surface area contributed by atoms with E-state index in [-0.39, 0.29) is 0 Å². The van der Waals surface area contributed by atoms with Crippen molar-refractivity contribution in [3.63, 3.8) is 0 Å². The van der Waals surface area contributed by atoms with Gasteiger partial charge in [-0.1, -0.05) is 18.2 Å². The fourth-order valence-corrected chi connectivity index (χ4v) is 3.17. The highest BCUT2D eigenvalue weighted by Crippen LogP contribution is 2.23. The maximum atomic E-state index is 12.1. The highest BCUT2D eigenvalue weighted by molar-refractivity contribution is 5.86. The fraction of sp³-hybridized carbons (Fsp3) is 0.429. The molecule has 2 heterocycles. The Kier molecular flexibility index (Phi) is 7.08. The van der Waals surface area contributed by atoms with Gasteiger partial charge in [0, 0.05) is 38.4 Å². The Morgan fingerprint density at radius 1 is 1.11 bits per heavy atom. The van der Waals surface area contributed by atoms with Gasteiger partial charge in [-0.15, -0.1) is 0 Å². The zero-order valence-corrected chi connectivity index (χ0v) is 16.6. The van der Waals surface area contributed by atoms with Gasteiger partial charge in [0.15, 0.2) is 0 Å². The number of para-hydroxylation sites is 2. The van der Waals surface area contributed by atoms with Crippen LogP contribution in [-0.2, 0) is 4.74 Å². The van der Waals surface area contributed by atoms with E-state index in [1.54, 1.807) is 6.07 Å². The fourth-order valence-electron chi connectivity index (χ4n) is 3.17. The minimum absolute atomic E-state index is 0.353. The zero-order chi connectivity index (χ0) is 19.8. The van der Waals surface area contributed by atoms with Crippen molar-refractivity contribution in [2.24, 2.45) is 0 Å². The lowest BCUT2D eigenvalue weighted by Gasteiger charge is -2.35. The summed E-state index contributed by atoms with van der Waals surface area (Å²) < 4.78 is 10.8. The van der Waals surface area contributed by atoms with E-state index in [1.165, 1.54) is 0 Å². The SMILES string of the molecule is CCOc1ccccc1NC(=O)OCCN1CCN(c2cccc(C)n2)CC1. The van der Waals surface area contributed by atoms with Crippen LogP contribution in [0.5, 0.6) is 5.75 Å². The highest BCUT2D eigenvalue weighted by atomic mass is 16.5. The van der Waals surface area contributed by atoms with E-state index in [0.717, 1.165) is 44.2 Å². The molecule has 0 unspecified atom stereocenters. The minimum Gasteiger partial charge on any atom is -0.492 e. The summed E-state index contributed by atoms with van der Waals surface area (Å²) >= 11 is 0. The first-order chi connectivity index (χ1) is 13.7. The number of nitrogens with zero attached hydrogens (tertiary/aromatic N) is 3. The van der Waals surface area contributed by atoms with E-state index in [1.807, 2.05) is 44.2 Å². The molecular weight excluding hydrogens is 356 g/mol. The molecule has 1 aliphatic rings. The molecule has 0 bridgehead atoms. The van der Waals surface area contributed by atoms with Gasteiger partial charge in [0.1, 0.15) is 18.2 Å². The van der Waals surface area contributed by atoms with Crippen molar-refractivity contribution in [2.45, 2.75) is 13.8 Å². The van der Waals surface area contributed by atoms with E-state index in [4.69, 9.17) is 9.47 Å². The molecule has 1 fully saturated rings. The molecule has 2 aromatic rings. The first kappa shape index (κ1) is 19.9. The van der Waals surface area contributed by atoms with Gasteiger partial charge >= 0.3 is 6.09 Å². The molecule has 1 aromatic heterocycles. The van der Waals surface area contributed by atoms with Crippen LogP contribution in [0.3, 0.4) is 0 Å². The van der Waals surface area contributed by atoms with Gasteiger partial charge in [0.05, 0.1) is 12.3 Å². The number of nitrogens with one attached hydrogen (secondary N) is 1. The number of piperazine rings is 1. The number of rotatable bonds is 7. The van der Waals surface area contributed by atoms with Crippen LogP contribution in [0.2, 0.25) is 0 Å². The van der Waals surface area contributed by atoms with E-state index in [9.17, 15) is 4.79 Å². The summed E-state index contributed by atoms with van der Waals surface area (Å²) in [6, 6.07) is 13.4. The summed E-state index contributed by atoms with van der Waals surface area (Å²) in [5, 5.41) is 2.75. The molecule has 0 atom stereocenters. The Morgan fingerprint density at radius 3 is 2.64 bits per heavy atom. The molecule has 1 aliphatic heterocycles.